The summed E-state index contributed by atoms with van der Waals surface area (Å²) >= 11 is 0. The molecule has 0 aliphatic rings. The molecule has 0 saturated carbocycles. The summed E-state index contributed by atoms with van der Waals surface area (Å²) in [5.74, 6) is -0.871. The number of carbonyl (C=O) groups excluding carboxylic acids is 3. The van der Waals surface area contributed by atoms with Crippen LogP contribution in [0.4, 0.5) is 0 Å². The van der Waals surface area contributed by atoms with Gasteiger partial charge in [0.1, 0.15) is 13.2 Å². The molecule has 0 fully saturated rings. The van der Waals surface area contributed by atoms with E-state index in [-0.39, 0.29) is 31.1 Å². The highest BCUT2D eigenvalue weighted by molar-refractivity contribution is 5.71. The lowest BCUT2D eigenvalue weighted by molar-refractivity contribution is -0.167. The van der Waals surface area contributed by atoms with E-state index in [1.54, 1.807) is 0 Å². The predicted molar refractivity (Wildman–Crippen MR) is 298 cm³/mol. The van der Waals surface area contributed by atoms with Crippen molar-refractivity contribution in [3.63, 3.8) is 0 Å². The van der Waals surface area contributed by atoms with Gasteiger partial charge in [0.05, 0.1) is 0 Å². The smallest absolute Gasteiger partial charge is 0.306 e. The highest BCUT2D eigenvalue weighted by atomic mass is 16.6. The fourth-order valence-corrected chi connectivity index (χ4v) is 8.75. The number of rotatable bonds is 55. The summed E-state index contributed by atoms with van der Waals surface area (Å²) in [6.45, 7) is 6.58. The Bertz CT molecular complexity index is 1200. The summed E-state index contributed by atoms with van der Waals surface area (Å²) < 4.78 is 16.8. The molecule has 0 aliphatic heterocycles. The maximum absolute atomic E-state index is 12.8. The quantitative estimate of drug-likeness (QED) is 0.0262. The van der Waals surface area contributed by atoms with Crippen molar-refractivity contribution in [3.05, 3.63) is 48.6 Å². The average molecular weight is 968 g/mol. The van der Waals surface area contributed by atoms with Gasteiger partial charge in [-0.2, -0.15) is 0 Å². The average Bonchev–Trinajstić information content (AvgIpc) is 3.35. The fourth-order valence-electron chi connectivity index (χ4n) is 8.75. The minimum atomic E-state index is -0.772. The van der Waals surface area contributed by atoms with Crippen LogP contribution in [-0.4, -0.2) is 37.2 Å². The number of hydrogen-bond acceptors (Lipinski definition) is 6. The zero-order chi connectivity index (χ0) is 50.0. The molecule has 0 aromatic rings. The van der Waals surface area contributed by atoms with Gasteiger partial charge in [-0.15, -0.1) is 0 Å². The molecule has 1 unspecified atom stereocenters. The molecular formula is C63H114O6. The largest absolute Gasteiger partial charge is 0.462 e. The maximum atomic E-state index is 12.8. The Labute approximate surface area is 428 Å². The first-order valence-electron chi connectivity index (χ1n) is 30.1. The van der Waals surface area contributed by atoms with Gasteiger partial charge in [-0.05, 0) is 77.0 Å². The second kappa shape index (κ2) is 57.9. The van der Waals surface area contributed by atoms with Crippen LogP contribution in [0.5, 0.6) is 0 Å². The van der Waals surface area contributed by atoms with Crippen molar-refractivity contribution in [2.45, 2.75) is 322 Å². The van der Waals surface area contributed by atoms with E-state index in [0.29, 0.717) is 19.3 Å². The van der Waals surface area contributed by atoms with Crippen molar-refractivity contribution in [3.8, 4) is 0 Å². The minimum Gasteiger partial charge on any atom is -0.462 e. The molecule has 0 aromatic carbocycles. The van der Waals surface area contributed by atoms with E-state index < -0.39 is 6.10 Å². The molecule has 0 amide bonds. The van der Waals surface area contributed by atoms with Crippen LogP contribution in [-0.2, 0) is 28.6 Å². The third-order valence-electron chi connectivity index (χ3n) is 13.3. The molecule has 0 radical (unpaired) electrons. The van der Waals surface area contributed by atoms with Crippen LogP contribution in [0, 0.1) is 0 Å². The van der Waals surface area contributed by atoms with Gasteiger partial charge >= 0.3 is 17.9 Å². The summed E-state index contributed by atoms with van der Waals surface area (Å²) in [5.41, 5.74) is 0. The summed E-state index contributed by atoms with van der Waals surface area (Å²) in [4.78, 5) is 38.0. The van der Waals surface area contributed by atoms with Crippen LogP contribution < -0.4 is 0 Å². The van der Waals surface area contributed by atoms with Crippen molar-refractivity contribution < 1.29 is 28.6 Å². The topological polar surface area (TPSA) is 78.9 Å². The molecule has 0 spiro atoms. The predicted octanol–water partition coefficient (Wildman–Crippen LogP) is 20.2. The Kier molecular flexibility index (Phi) is 55.7. The van der Waals surface area contributed by atoms with Crippen LogP contribution >= 0.6 is 0 Å². The first kappa shape index (κ1) is 66.4. The molecule has 0 N–H and O–H groups in total. The van der Waals surface area contributed by atoms with E-state index in [4.69, 9.17) is 14.2 Å². The molecule has 6 heteroatoms. The molecule has 0 bridgehead atoms. The zero-order valence-corrected chi connectivity index (χ0v) is 46.1. The molecule has 402 valence electrons. The highest BCUT2D eigenvalue weighted by Gasteiger charge is 2.19. The first-order valence-corrected chi connectivity index (χ1v) is 30.1. The van der Waals surface area contributed by atoms with Gasteiger partial charge in [0, 0.05) is 19.3 Å². The summed E-state index contributed by atoms with van der Waals surface area (Å²) in [5, 5.41) is 0. The molecule has 69 heavy (non-hydrogen) atoms. The molecule has 0 rings (SSSR count). The van der Waals surface area contributed by atoms with Gasteiger partial charge in [0.2, 0.25) is 0 Å². The Morgan fingerprint density at radius 3 is 0.884 bits per heavy atom. The SMILES string of the molecule is CCC/C=C\CCCCCCCC(=O)OCC(COC(=O)CCCCCCCCCCCCCCCC/C=C\C/C=C\C/C=C\CCCCCCC)OC(=O)CCCCCCCCCCCCCC. The lowest BCUT2D eigenvalue weighted by Gasteiger charge is -2.18. The van der Waals surface area contributed by atoms with Gasteiger partial charge in [0.25, 0.3) is 0 Å². The first-order chi connectivity index (χ1) is 34.0. The van der Waals surface area contributed by atoms with Crippen LogP contribution in [0.2, 0.25) is 0 Å². The number of allylic oxidation sites excluding steroid dienone is 8. The van der Waals surface area contributed by atoms with E-state index in [1.807, 2.05) is 0 Å². The molecule has 0 saturated heterocycles. The van der Waals surface area contributed by atoms with Crippen molar-refractivity contribution in [2.24, 2.45) is 0 Å². The van der Waals surface area contributed by atoms with Crippen LogP contribution in [0.15, 0.2) is 48.6 Å². The van der Waals surface area contributed by atoms with Crippen LogP contribution in [0.25, 0.3) is 0 Å². The van der Waals surface area contributed by atoms with E-state index in [0.717, 1.165) is 83.5 Å². The van der Waals surface area contributed by atoms with Crippen LogP contribution in [0.3, 0.4) is 0 Å². The molecule has 0 heterocycles. The number of carbonyl (C=O) groups is 3. The van der Waals surface area contributed by atoms with E-state index in [1.165, 1.54) is 193 Å². The van der Waals surface area contributed by atoms with E-state index in [2.05, 4.69) is 69.4 Å². The third-order valence-corrected chi connectivity index (χ3v) is 13.3. The minimum absolute atomic E-state index is 0.0725. The summed E-state index contributed by atoms with van der Waals surface area (Å²) in [6.07, 6.45) is 71.3. The van der Waals surface area contributed by atoms with Crippen molar-refractivity contribution in [1.29, 1.82) is 0 Å². The van der Waals surface area contributed by atoms with Gasteiger partial charge < -0.3 is 14.2 Å². The molecule has 0 aliphatic carbocycles. The Morgan fingerprint density at radius 1 is 0.290 bits per heavy atom. The second-order valence-corrected chi connectivity index (χ2v) is 20.3. The Hall–Kier alpha value is -2.63. The highest BCUT2D eigenvalue weighted by Crippen LogP contribution is 2.17. The summed E-state index contributed by atoms with van der Waals surface area (Å²) in [6, 6.07) is 0. The summed E-state index contributed by atoms with van der Waals surface area (Å²) in [7, 11) is 0. The van der Waals surface area contributed by atoms with Gasteiger partial charge in [-0.3, -0.25) is 14.4 Å². The van der Waals surface area contributed by atoms with Crippen molar-refractivity contribution >= 4 is 17.9 Å². The maximum Gasteiger partial charge on any atom is 0.306 e. The standard InChI is InChI=1S/C63H114O6/c1-4-7-10-13-16-19-22-24-25-26-27-28-29-30-31-32-33-34-35-36-37-38-39-40-42-44-47-50-53-56-62(65)68-59-60(58-67-61(64)55-52-49-46-43-21-18-15-12-9-6-3)69-63(66)57-54-51-48-45-41-23-20-17-14-11-8-5-2/h12,15,22,24,26-27,29-30,60H,4-11,13-14,16-21,23,25,28,31-59H2,1-3H3/b15-12-,24-22-,27-26-,30-29-. The zero-order valence-electron chi connectivity index (χ0n) is 46.1. The lowest BCUT2D eigenvalue weighted by atomic mass is 10.0. The number of ether oxygens (including phenoxy) is 3. The van der Waals surface area contributed by atoms with E-state index in [9.17, 15) is 14.4 Å². The second-order valence-electron chi connectivity index (χ2n) is 20.3. The lowest BCUT2D eigenvalue weighted by Crippen LogP contribution is -2.30. The van der Waals surface area contributed by atoms with Gasteiger partial charge in [0.15, 0.2) is 6.10 Å². The van der Waals surface area contributed by atoms with E-state index >= 15 is 0 Å². The van der Waals surface area contributed by atoms with Gasteiger partial charge in [-0.1, -0.05) is 268 Å². The van der Waals surface area contributed by atoms with Crippen molar-refractivity contribution in [1.82, 2.24) is 0 Å². The Balaban J connectivity index is 4.10. The molecular weight excluding hydrogens is 853 g/mol. The van der Waals surface area contributed by atoms with Crippen molar-refractivity contribution in [2.75, 3.05) is 13.2 Å². The fraction of sp³-hybridized carbons (Fsp3) is 0.825. The monoisotopic (exact) mass is 967 g/mol. The normalized spacial score (nSPS) is 12.3. The third kappa shape index (κ3) is 56.2. The van der Waals surface area contributed by atoms with Gasteiger partial charge in [-0.25, -0.2) is 0 Å². The van der Waals surface area contributed by atoms with Crippen LogP contribution in [0.1, 0.15) is 316 Å². The number of esters is 3. The number of unbranched alkanes of at least 4 members (excludes halogenated alkanes) is 36. The molecule has 0 aromatic heterocycles. The molecule has 1 atom stereocenters. The number of hydrogen-bond donors (Lipinski definition) is 0. The Morgan fingerprint density at radius 2 is 0.551 bits per heavy atom. The molecule has 6 nitrogen and oxygen atoms in total.